The second-order valence-electron chi connectivity index (χ2n) is 7.68. The Labute approximate surface area is 185 Å². The minimum Gasteiger partial charge on any atom is -0.373 e. The van der Waals surface area contributed by atoms with Crippen LogP contribution in [0.1, 0.15) is 60.7 Å². The molecule has 0 spiro atoms. The first-order chi connectivity index (χ1) is 15.0. The fourth-order valence-corrected chi connectivity index (χ4v) is 5.50. The van der Waals surface area contributed by atoms with E-state index in [4.69, 9.17) is 4.74 Å². The molecule has 1 amide bonds. The molecule has 0 bridgehead atoms. The van der Waals surface area contributed by atoms with Gasteiger partial charge in [-0.2, -0.15) is 4.31 Å². The summed E-state index contributed by atoms with van der Waals surface area (Å²) in [6.07, 6.45) is 4.09. The zero-order chi connectivity index (χ0) is 22.3. The van der Waals surface area contributed by atoms with Gasteiger partial charge in [-0.1, -0.05) is 44.2 Å². The quantitative estimate of drug-likeness (QED) is 0.564. The summed E-state index contributed by atoms with van der Waals surface area (Å²) in [6.45, 7) is 5.41. The number of sulfonamides is 1. The van der Waals surface area contributed by atoms with Crippen LogP contribution in [0.3, 0.4) is 0 Å². The third kappa shape index (κ3) is 5.73. The van der Waals surface area contributed by atoms with Crippen LogP contribution in [0, 0.1) is 0 Å². The SMILES string of the molecule is CCN(CC)S(=O)(=O)c1cccc(C(=O)NCCCOC2CCCc3ccccc32)c1. The van der Waals surface area contributed by atoms with Gasteiger partial charge in [-0.05, 0) is 55.0 Å². The third-order valence-electron chi connectivity index (χ3n) is 5.68. The molecule has 0 saturated heterocycles. The minimum atomic E-state index is -3.59. The number of carbonyl (C=O) groups is 1. The molecule has 1 atom stereocenters. The van der Waals surface area contributed by atoms with Crippen molar-refractivity contribution in [1.29, 1.82) is 0 Å². The van der Waals surface area contributed by atoms with E-state index in [1.807, 2.05) is 0 Å². The zero-order valence-electron chi connectivity index (χ0n) is 18.3. The number of fused-ring (bicyclic) bond motifs is 1. The maximum Gasteiger partial charge on any atom is 0.251 e. The van der Waals surface area contributed by atoms with Crippen molar-refractivity contribution in [1.82, 2.24) is 9.62 Å². The van der Waals surface area contributed by atoms with Crippen LogP contribution in [0.5, 0.6) is 0 Å². The molecule has 0 saturated carbocycles. The highest BCUT2D eigenvalue weighted by molar-refractivity contribution is 7.89. The van der Waals surface area contributed by atoms with Crippen LogP contribution in [-0.4, -0.2) is 44.9 Å². The van der Waals surface area contributed by atoms with Crippen molar-refractivity contribution in [3.8, 4) is 0 Å². The summed E-state index contributed by atoms with van der Waals surface area (Å²) in [4.78, 5) is 12.6. The molecule has 1 aliphatic rings. The molecule has 0 aromatic heterocycles. The van der Waals surface area contributed by atoms with Crippen LogP contribution in [0.2, 0.25) is 0 Å². The molecule has 1 N–H and O–H groups in total. The molecular weight excluding hydrogens is 412 g/mol. The number of nitrogens with zero attached hydrogens (tertiary/aromatic N) is 1. The van der Waals surface area contributed by atoms with Crippen LogP contribution in [0.15, 0.2) is 53.4 Å². The standard InChI is InChI=1S/C24H32N2O4S/c1-3-26(4-2)31(28,29)21-13-7-12-20(18-21)24(27)25-16-9-17-30-23-15-8-11-19-10-5-6-14-22(19)23/h5-7,10,12-14,18,23H,3-4,8-9,11,15-17H2,1-2H3,(H,25,27). The molecule has 31 heavy (non-hydrogen) atoms. The highest BCUT2D eigenvalue weighted by Crippen LogP contribution is 2.32. The summed E-state index contributed by atoms with van der Waals surface area (Å²) >= 11 is 0. The van der Waals surface area contributed by atoms with Crippen molar-refractivity contribution in [3.63, 3.8) is 0 Å². The Bertz CT molecular complexity index is 987. The van der Waals surface area contributed by atoms with Crippen LogP contribution in [0.25, 0.3) is 0 Å². The first-order valence-corrected chi connectivity index (χ1v) is 12.5. The van der Waals surface area contributed by atoms with Crippen LogP contribution in [-0.2, 0) is 21.2 Å². The third-order valence-corrected chi connectivity index (χ3v) is 7.73. The van der Waals surface area contributed by atoms with Crippen molar-refractivity contribution in [3.05, 3.63) is 65.2 Å². The van der Waals surface area contributed by atoms with Gasteiger partial charge >= 0.3 is 0 Å². The minimum absolute atomic E-state index is 0.127. The van der Waals surface area contributed by atoms with E-state index in [1.165, 1.54) is 27.6 Å². The molecule has 0 aliphatic heterocycles. The van der Waals surface area contributed by atoms with E-state index in [1.54, 1.807) is 26.0 Å². The smallest absolute Gasteiger partial charge is 0.251 e. The van der Waals surface area contributed by atoms with Crippen molar-refractivity contribution in [2.75, 3.05) is 26.2 Å². The van der Waals surface area contributed by atoms with Gasteiger partial charge in [-0.15, -0.1) is 0 Å². The number of carbonyl (C=O) groups excluding carboxylic acids is 1. The van der Waals surface area contributed by atoms with E-state index in [2.05, 4.69) is 29.6 Å². The Morgan fingerprint density at radius 3 is 2.68 bits per heavy atom. The number of hydrogen-bond donors (Lipinski definition) is 1. The average molecular weight is 445 g/mol. The van der Waals surface area contributed by atoms with Gasteiger partial charge in [0.25, 0.3) is 5.91 Å². The van der Waals surface area contributed by atoms with Crippen LogP contribution < -0.4 is 5.32 Å². The normalized spacial score (nSPS) is 16.2. The molecule has 2 aromatic carbocycles. The zero-order valence-corrected chi connectivity index (χ0v) is 19.2. The van der Waals surface area contributed by atoms with E-state index in [9.17, 15) is 13.2 Å². The predicted octanol–water partition coefficient (Wildman–Crippen LogP) is 3.93. The Morgan fingerprint density at radius 1 is 1.13 bits per heavy atom. The fourth-order valence-electron chi connectivity index (χ4n) is 3.99. The molecule has 2 aromatic rings. The van der Waals surface area contributed by atoms with Crippen molar-refractivity contribution < 1.29 is 17.9 Å². The van der Waals surface area contributed by atoms with E-state index in [0.717, 1.165) is 19.3 Å². The van der Waals surface area contributed by atoms with Crippen LogP contribution in [0.4, 0.5) is 0 Å². The molecule has 1 aliphatic carbocycles. The first kappa shape index (κ1) is 23.4. The van der Waals surface area contributed by atoms with Crippen LogP contribution >= 0.6 is 0 Å². The Balaban J connectivity index is 1.50. The maximum atomic E-state index is 12.7. The monoisotopic (exact) mass is 444 g/mol. The number of nitrogens with one attached hydrogen (secondary N) is 1. The second-order valence-corrected chi connectivity index (χ2v) is 9.62. The highest BCUT2D eigenvalue weighted by atomic mass is 32.2. The van der Waals surface area contributed by atoms with Gasteiger partial charge in [0.15, 0.2) is 0 Å². The summed E-state index contributed by atoms with van der Waals surface area (Å²) in [5, 5.41) is 2.86. The number of benzene rings is 2. The fraction of sp³-hybridized carbons (Fsp3) is 0.458. The largest absolute Gasteiger partial charge is 0.373 e. The molecule has 1 unspecified atom stereocenters. The van der Waals surface area contributed by atoms with Gasteiger partial charge in [0.1, 0.15) is 0 Å². The maximum absolute atomic E-state index is 12.7. The lowest BCUT2D eigenvalue weighted by Crippen LogP contribution is -2.31. The average Bonchev–Trinajstić information content (AvgIpc) is 2.79. The number of hydrogen-bond acceptors (Lipinski definition) is 4. The van der Waals surface area contributed by atoms with E-state index in [-0.39, 0.29) is 16.9 Å². The second kappa shape index (κ2) is 10.9. The van der Waals surface area contributed by atoms with Gasteiger partial charge < -0.3 is 10.1 Å². The summed E-state index contributed by atoms with van der Waals surface area (Å²) in [5.74, 6) is -0.278. The molecule has 0 fully saturated rings. The number of ether oxygens (including phenoxy) is 1. The molecule has 0 heterocycles. The number of aryl methyl sites for hydroxylation is 1. The molecule has 7 heteroatoms. The van der Waals surface area contributed by atoms with Crippen molar-refractivity contribution >= 4 is 15.9 Å². The van der Waals surface area contributed by atoms with E-state index in [0.29, 0.717) is 38.2 Å². The van der Waals surface area contributed by atoms with E-state index < -0.39 is 10.0 Å². The van der Waals surface area contributed by atoms with Gasteiger partial charge in [0, 0.05) is 31.8 Å². The number of amides is 1. The summed E-state index contributed by atoms with van der Waals surface area (Å²) in [5.41, 5.74) is 2.99. The predicted molar refractivity (Wildman–Crippen MR) is 122 cm³/mol. The van der Waals surface area contributed by atoms with Crippen molar-refractivity contribution in [2.24, 2.45) is 0 Å². The van der Waals surface area contributed by atoms with Gasteiger partial charge in [0.05, 0.1) is 11.0 Å². The lowest BCUT2D eigenvalue weighted by Gasteiger charge is -2.25. The van der Waals surface area contributed by atoms with Gasteiger partial charge in [-0.25, -0.2) is 8.42 Å². The molecule has 3 rings (SSSR count). The lowest BCUT2D eigenvalue weighted by molar-refractivity contribution is 0.0393. The Hall–Kier alpha value is -2.22. The molecule has 168 valence electrons. The van der Waals surface area contributed by atoms with Crippen molar-refractivity contribution in [2.45, 2.75) is 50.5 Å². The van der Waals surface area contributed by atoms with E-state index >= 15 is 0 Å². The summed E-state index contributed by atoms with van der Waals surface area (Å²) in [7, 11) is -3.59. The van der Waals surface area contributed by atoms with Gasteiger partial charge in [-0.3, -0.25) is 4.79 Å². The molecule has 6 nitrogen and oxygen atoms in total. The highest BCUT2D eigenvalue weighted by Gasteiger charge is 2.23. The van der Waals surface area contributed by atoms with Gasteiger partial charge in [0.2, 0.25) is 10.0 Å². The summed E-state index contributed by atoms with van der Waals surface area (Å²) < 4.78 is 32.8. The lowest BCUT2D eigenvalue weighted by atomic mass is 9.89. The Kier molecular flexibility index (Phi) is 8.23. The number of rotatable bonds is 10. The summed E-state index contributed by atoms with van der Waals surface area (Å²) in [6, 6.07) is 14.6. The topological polar surface area (TPSA) is 75.7 Å². The Morgan fingerprint density at radius 2 is 1.90 bits per heavy atom. The first-order valence-electron chi connectivity index (χ1n) is 11.0. The molecule has 0 radical (unpaired) electrons. The molecular formula is C24H32N2O4S.